The van der Waals surface area contributed by atoms with E-state index in [1.165, 1.54) is 6.33 Å². The first-order chi connectivity index (χ1) is 11.1. The molecule has 0 radical (unpaired) electrons. The highest BCUT2D eigenvalue weighted by molar-refractivity contribution is 6.35. The van der Waals surface area contributed by atoms with Crippen molar-refractivity contribution in [1.82, 2.24) is 9.97 Å². The molecule has 2 rings (SSSR count). The highest BCUT2D eigenvalue weighted by Gasteiger charge is 2.15. The van der Waals surface area contributed by atoms with E-state index in [9.17, 15) is 0 Å². The van der Waals surface area contributed by atoms with Gasteiger partial charge < -0.3 is 25.3 Å². The maximum atomic E-state index is 6.05. The van der Waals surface area contributed by atoms with Gasteiger partial charge in [0.2, 0.25) is 5.75 Å². The van der Waals surface area contributed by atoms with E-state index in [0.717, 1.165) is 5.56 Å². The summed E-state index contributed by atoms with van der Waals surface area (Å²) in [6, 6.07) is 3.77. The van der Waals surface area contributed by atoms with Gasteiger partial charge in [-0.2, -0.15) is 0 Å². The van der Waals surface area contributed by atoms with Crippen LogP contribution in [-0.4, -0.2) is 37.8 Å². The fourth-order valence-electron chi connectivity index (χ4n) is 2.18. The number of hydrogen-bond donors (Lipinski definition) is 2. The Morgan fingerprint density at radius 2 is 1.83 bits per heavy atom. The van der Waals surface area contributed by atoms with Gasteiger partial charge in [-0.05, 0) is 12.5 Å². The lowest BCUT2D eigenvalue weighted by atomic mass is 10.1. The van der Waals surface area contributed by atoms with Crippen LogP contribution in [0.25, 0.3) is 0 Å². The Hall–Kier alpha value is -2.41. The summed E-state index contributed by atoms with van der Waals surface area (Å²) >= 11 is 6.05. The number of rotatable bonds is 7. The Kier molecular flexibility index (Phi) is 5.70. The van der Waals surface area contributed by atoms with Gasteiger partial charge in [-0.1, -0.05) is 17.7 Å². The number of ether oxygens (including phenoxy) is 3. The van der Waals surface area contributed by atoms with Crippen LogP contribution in [0.3, 0.4) is 0 Å². The van der Waals surface area contributed by atoms with Crippen LogP contribution in [0.4, 0.5) is 11.6 Å². The lowest BCUT2D eigenvalue weighted by molar-refractivity contribution is 0.322. The average Bonchev–Trinajstić information content (AvgIpc) is 2.57. The van der Waals surface area contributed by atoms with E-state index in [-0.39, 0.29) is 5.82 Å². The minimum absolute atomic E-state index is 0.243. The van der Waals surface area contributed by atoms with Crippen molar-refractivity contribution in [2.24, 2.45) is 0 Å². The molecule has 1 aromatic carbocycles. The van der Waals surface area contributed by atoms with Gasteiger partial charge in [-0.15, -0.1) is 0 Å². The third kappa shape index (κ3) is 3.68. The largest absolute Gasteiger partial charge is 0.493 e. The zero-order chi connectivity index (χ0) is 16.8. The molecule has 0 aliphatic heterocycles. The van der Waals surface area contributed by atoms with Gasteiger partial charge in [0.15, 0.2) is 11.5 Å². The zero-order valence-corrected chi connectivity index (χ0v) is 14.0. The number of halogens is 1. The van der Waals surface area contributed by atoms with Crippen molar-refractivity contribution in [1.29, 1.82) is 0 Å². The first-order valence-corrected chi connectivity index (χ1v) is 7.27. The maximum Gasteiger partial charge on any atom is 0.203 e. The van der Waals surface area contributed by atoms with Crippen LogP contribution in [-0.2, 0) is 6.42 Å². The van der Waals surface area contributed by atoms with Crippen LogP contribution in [0.2, 0.25) is 5.02 Å². The summed E-state index contributed by atoms with van der Waals surface area (Å²) in [6.07, 6.45) is 2.03. The molecule has 8 heteroatoms. The highest BCUT2D eigenvalue weighted by atomic mass is 35.5. The molecule has 124 valence electrons. The van der Waals surface area contributed by atoms with Gasteiger partial charge in [0, 0.05) is 12.1 Å². The molecule has 0 aliphatic carbocycles. The predicted octanol–water partition coefficient (Wildman–Crippen LogP) is 2.39. The minimum Gasteiger partial charge on any atom is -0.493 e. The van der Waals surface area contributed by atoms with Crippen molar-refractivity contribution in [3.05, 3.63) is 29.0 Å². The molecule has 7 nitrogen and oxygen atoms in total. The number of nitrogens with two attached hydrogens (primary N) is 1. The van der Waals surface area contributed by atoms with Crippen molar-refractivity contribution in [3.8, 4) is 17.2 Å². The molecule has 0 fully saturated rings. The number of anilines is 2. The van der Waals surface area contributed by atoms with E-state index in [0.29, 0.717) is 41.1 Å². The lowest BCUT2D eigenvalue weighted by Crippen LogP contribution is -2.09. The summed E-state index contributed by atoms with van der Waals surface area (Å²) in [7, 11) is 4.75. The van der Waals surface area contributed by atoms with Gasteiger partial charge in [0.1, 0.15) is 23.0 Å². The van der Waals surface area contributed by atoms with E-state index in [4.69, 9.17) is 31.5 Å². The Balaban J connectivity index is 2.13. The molecule has 0 atom stereocenters. The first kappa shape index (κ1) is 17.0. The number of methoxy groups -OCH3 is 3. The first-order valence-electron chi connectivity index (χ1n) is 6.90. The molecule has 0 unspecified atom stereocenters. The van der Waals surface area contributed by atoms with Crippen molar-refractivity contribution in [2.75, 3.05) is 38.9 Å². The molecule has 2 aromatic rings. The zero-order valence-electron chi connectivity index (χ0n) is 13.2. The Morgan fingerprint density at radius 3 is 2.48 bits per heavy atom. The SMILES string of the molecule is COc1ccc(CCNc2ncnc(N)c2Cl)c(OC)c1OC. The Bertz CT molecular complexity index is 682. The molecule has 0 bridgehead atoms. The van der Waals surface area contributed by atoms with Crippen LogP contribution >= 0.6 is 11.6 Å². The van der Waals surface area contributed by atoms with Crippen molar-refractivity contribution in [3.63, 3.8) is 0 Å². The summed E-state index contributed by atoms with van der Waals surface area (Å²) < 4.78 is 16.1. The summed E-state index contributed by atoms with van der Waals surface area (Å²) in [6.45, 7) is 0.585. The minimum atomic E-state index is 0.243. The summed E-state index contributed by atoms with van der Waals surface area (Å²) in [5.41, 5.74) is 6.61. The molecule has 0 amide bonds. The quantitative estimate of drug-likeness (QED) is 0.800. The molecule has 1 aromatic heterocycles. The summed E-state index contributed by atoms with van der Waals surface area (Å²) in [4.78, 5) is 7.88. The Morgan fingerprint density at radius 1 is 1.09 bits per heavy atom. The second-order valence-corrected chi connectivity index (χ2v) is 4.97. The molecule has 1 heterocycles. The second kappa shape index (κ2) is 7.73. The monoisotopic (exact) mass is 338 g/mol. The van der Waals surface area contributed by atoms with Crippen LogP contribution in [0.1, 0.15) is 5.56 Å². The smallest absolute Gasteiger partial charge is 0.203 e. The molecule has 0 aliphatic rings. The van der Waals surface area contributed by atoms with Crippen molar-refractivity contribution < 1.29 is 14.2 Å². The topological polar surface area (TPSA) is 91.5 Å². The van der Waals surface area contributed by atoms with Gasteiger partial charge in [0.25, 0.3) is 0 Å². The van der Waals surface area contributed by atoms with Gasteiger partial charge >= 0.3 is 0 Å². The standard InChI is InChI=1S/C15H19ClN4O3/c1-21-10-5-4-9(12(22-2)13(10)23-3)6-7-18-15-11(16)14(17)19-8-20-15/h4-5,8H,6-7H2,1-3H3,(H3,17,18,19,20). The van der Waals surface area contributed by atoms with E-state index < -0.39 is 0 Å². The van der Waals surface area contributed by atoms with Crippen LogP contribution in [0, 0.1) is 0 Å². The number of benzene rings is 1. The van der Waals surface area contributed by atoms with E-state index in [2.05, 4.69) is 15.3 Å². The lowest BCUT2D eigenvalue weighted by Gasteiger charge is -2.16. The van der Waals surface area contributed by atoms with Gasteiger partial charge in [-0.3, -0.25) is 0 Å². The van der Waals surface area contributed by atoms with E-state index >= 15 is 0 Å². The maximum absolute atomic E-state index is 6.05. The molecule has 23 heavy (non-hydrogen) atoms. The van der Waals surface area contributed by atoms with E-state index in [1.54, 1.807) is 21.3 Å². The van der Waals surface area contributed by atoms with Crippen LogP contribution in [0.5, 0.6) is 17.2 Å². The fourth-order valence-corrected chi connectivity index (χ4v) is 2.35. The normalized spacial score (nSPS) is 10.3. The Labute approximate surface area is 139 Å². The molecule has 0 spiro atoms. The summed E-state index contributed by atoms with van der Waals surface area (Å²) in [5, 5.41) is 3.44. The molecule has 0 saturated heterocycles. The van der Waals surface area contributed by atoms with Gasteiger partial charge in [0.05, 0.1) is 21.3 Å². The van der Waals surface area contributed by atoms with Crippen LogP contribution in [0.15, 0.2) is 18.5 Å². The summed E-state index contributed by atoms with van der Waals surface area (Å²) in [5.74, 6) is 2.57. The second-order valence-electron chi connectivity index (χ2n) is 4.59. The predicted molar refractivity (Wildman–Crippen MR) is 89.7 cm³/mol. The third-order valence-electron chi connectivity index (χ3n) is 3.29. The number of nitrogens with zero attached hydrogens (tertiary/aromatic N) is 2. The number of aromatic nitrogens is 2. The number of nitrogen functional groups attached to an aromatic ring is 1. The third-order valence-corrected chi connectivity index (χ3v) is 3.66. The fraction of sp³-hybridized carbons (Fsp3) is 0.333. The molecule has 0 saturated carbocycles. The van der Waals surface area contributed by atoms with Crippen molar-refractivity contribution in [2.45, 2.75) is 6.42 Å². The highest BCUT2D eigenvalue weighted by Crippen LogP contribution is 2.39. The van der Waals surface area contributed by atoms with Crippen LogP contribution < -0.4 is 25.3 Å². The number of hydrogen-bond acceptors (Lipinski definition) is 7. The molecular formula is C15H19ClN4O3. The van der Waals surface area contributed by atoms with Crippen molar-refractivity contribution >= 4 is 23.2 Å². The molecular weight excluding hydrogens is 320 g/mol. The average molecular weight is 339 g/mol. The van der Waals surface area contributed by atoms with E-state index in [1.807, 2.05) is 12.1 Å². The number of nitrogens with one attached hydrogen (secondary N) is 1. The molecule has 3 N–H and O–H groups in total. The van der Waals surface area contributed by atoms with Gasteiger partial charge in [-0.25, -0.2) is 9.97 Å².